The molecule has 1 aliphatic rings. The lowest BCUT2D eigenvalue weighted by atomic mass is 9.83. The number of nitrogens with zero attached hydrogens (tertiary/aromatic N) is 1. The molecule has 84 valence electrons. The minimum absolute atomic E-state index is 0.478. The molecule has 0 aromatic rings. The first-order chi connectivity index (χ1) is 6.49. The van der Waals surface area contributed by atoms with Gasteiger partial charge in [-0.25, -0.2) is 0 Å². The maximum absolute atomic E-state index is 3.40. The maximum Gasteiger partial charge on any atom is 0.0108 e. The SMILES string of the molecule is CC(C)CC(C)(C)CN1CCNCC1. The monoisotopic (exact) mass is 198 g/mol. The molecule has 1 N–H and O–H groups in total. The highest BCUT2D eigenvalue weighted by Gasteiger charge is 2.23. The van der Waals surface area contributed by atoms with Gasteiger partial charge in [0.1, 0.15) is 0 Å². The van der Waals surface area contributed by atoms with E-state index in [1.54, 1.807) is 0 Å². The minimum Gasteiger partial charge on any atom is -0.314 e. The summed E-state index contributed by atoms with van der Waals surface area (Å²) in [4.78, 5) is 2.60. The van der Waals surface area contributed by atoms with E-state index in [1.165, 1.54) is 26.1 Å². The summed E-state index contributed by atoms with van der Waals surface area (Å²) < 4.78 is 0. The van der Waals surface area contributed by atoms with Gasteiger partial charge in [-0.05, 0) is 17.8 Å². The molecule has 2 nitrogen and oxygen atoms in total. The van der Waals surface area contributed by atoms with Gasteiger partial charge < -0.3 is 10.2 Å². The van der Waals surface area contributed by atoms with Crippen LogP contribution in [0.4, 0.5) is 0 Å². The first-order valence-electron chi connectivity index (χ1n) is 5.93. The van der Waals surface area contributed by atoms with E-state index >= 15 is 0 Å². The summed E-state index contributed by atoms with van der Waals surface area (Å²) in [6, 6.07) is 0. The fourth-order valence-corrected chi connectivity index (χ4v) is 2.64. The van der Waals surface area contributed by atoms with E-state index in [0.717, 1.165) is 19.0 Å². The highest BCUT2D eigenvalue weighted by molar-refractivity contribution is 4.78. The Labute approximate surface area is 89.1 Å². The van der Waals surface area contributed by atoms with Crippen molar-refractivity contribution in [3.05, 3.63) is 0 Å². The Morgan fingerprint density at radius 3 is 2.29 bits per heavy atom. The van der Waals surface area contributed by atoms with E-state index in [-0.39, 0.29) is 0 Å². The molecule has 1 heterocycles. The van der Waals surface area contributed by atoms with Crippen LogP contribution >= 0.6 is 0 Å². The third-order valence-electron chi connectivity index (χ3n) is 2.82. The number of piperazine rings is 1. The minimum atomic E-state index is 0.478. The van der Waals surface area contributed by atoms with Crippen molar-refractivity contribution in [2.75, 3.05) is 32.7 Å². The lowest BCUT2D eigenvalue weighted by Crippen LogP contribution is -2.47. The lowest BCUT2D eigenvalue weighted by Gasteiger charge is -2.36. The van der Waals surface area contributed by atoms with E-state index in [1.807, 2.05) is 0 Å². The number of nitrogens with one attached hydrogen (secondary N) is 1. The summed E-state index contributed by atoms with van der Waals surface area (Å²) in [5.41, 5.74) is 0.478. The van der Waals surface area contributed by atoms with Crippen molar-refractivity contribution in [3.8, 4) is 0 Å². The molecule has 1 aliphatic heterocycles. The fraction of sp³-hybridized carbons (Fsp3) is 1.00. The molecule has 1 saturated heterocycles. The molecule has 0 bridgehead atoms. The van der Waals surface area contributed by atoms with Crippen molar-refractivity contribution in [1.29, 1.82) is 0 Å². The van der Waals surface area contributed by atoms with E-state index in [2.05, 4.69) is 37.9 Å². The van der Waals surface area contributed by atoms with Crippen LogP contribution in [0.15, 0.2) is 0 Å². The molecule has 0 spiro atoms. The van der Waals surface area contributed by atoms with Gasteiger partial charge in [0.05, 0.1) is 0 Å². The molecule has 0 saturated carbocycles. The van der Waals surface area contributed by atoms with Crippen LogP contribution in [0.3, 0.4) is 0 Å². The summed E-state index contributed by atoms with van der Waals surface area (Å²) in [5.74, 6) is 0.813. The highest BCUT2D eigenvalue weighted by atomic mass is 15.2. The second-order valence-corrected chi connectivity index (χ2v) is 5.79. The Morgan fingerprint density at radius 1 is 1.21 bits per heavy atom. The van der Waals surface area contributed by atoms with Crippen molar-refractivity contribution in [1.82, 2.24) is 10.2 Å². The van der Waals surface area contributed by atoms with E-state index < -0.39 is 0 Å². The summed E-state index contributed by atoms with van der Waals surface area (Å²) in [5, 5.41) is 3.40. The van der Waals surface area contributed by atoms with Gasteiger partial charge >= 0.3 is 0 Å². The van der Waals surface area contributed by atoms with E-state index in [4.69, 9.17) is 0 Å². The molecular formula is C12H26N2. The van der Waals surface area contributed by atoms with Gasteiger partial charge in [0.25, 0.3) is 0 Å². The first-order valence-corrected chi connectivity index (χ1v) is 5.93. The third kappa shape index (κ3) is 4.43. The Bertz CT molecular complexity index is 158. The van der Waals surface area contributed by atoms with Gasteiger partial charge in [-0.2, -0.15) is 0 Å². The average molecular weight is 198 g/mol. The van der Waals surface area contributed by atoms with Gasteiger partial charge in [0, 0.05) is 32.7 Å². The Balaban J connectivity index is 2.32. The molecule has 0 atom stereocenters. The Morgan fingerprint density at radius 2 is 1.79 bits per heavy atom. The van der Waals surface area contributed by atoms with Crippen LogP contribution < -0.4 is 5.32 Å². The van der Waals surface area contributed by atoms with Gasteiger partial charge in [-0.1, -0.05) is 27.7 Å². The molecule has 0 radical (unpaired) electrons. The zero-order valence-corrected chi connectivity index (χ0v) is 10.3. The summed E-state index contributed by atoms with van der Waals surface area (Å²) >= 11 is 0. The lowest BCUT2D eigenvalue weighted by molar-refractivity contribution is 0.142. The van der Waals surface area contributed by atoms with Crippen LogP contribution in [0, 0.1) is 11.3 Å². The second-order valence-electron chi connectivity index (χ2n) is 5.79. The van der Waals surface area contributed by atoms with Crippen LogP contribution in [0.5, 0.6) is 0 Å². The topological polar surface area (TPSA) is 15.3 Å². The Hall–Kier alpha value is -0.0800. The number of hydrogen-bond acceptors (Lipinski definition) is 2. The zero-order valence-electron chi connectivity index (χ0n) is 10.3. The predicted octanol–water partition coefficient (Wildman–Crippen LogP) is 1.96. The van der Waals surface area contributed by atoms with Gasteiger partial charge in [0.15, 0.2) is 0 Å². The molecule has 0 aromatic heterocycles. The van der Waals surface area contributed by atoms with Crippen molar-refractivity contribution in [3.63, 3.8) is 0 Å². The van der Waals surface area contributed by atoms with Crippen molar-refractivity contribution >= 4 is 0 Å². The van der Waals surface area contributed by atoms with Crippen LogP contribution in [0.1, 0.15) is 34.1 Å². The molecule has 0 aliphatic carbocycles. The van der Waals surface area contributed by atoms with Gasteiger partial charge in [-0.3, -0.25) is 0 Å². The van der Waals surface area contributed by atoms with Crippen LogP contribution in [-0.4, -0.2) is 37.6 Å². The first kappa shape index (κ1) is 12.0. The summed E-state index contributed by atoms with van der Waals surface area (Å²) in [6.45, 7) is 15.5. The van der Waals surface area contributed by atoms with E-state index in [0.29, 0.717) is 5.41 Å². The van der Waals surface area contributed by atoms with E-state index in [9.17, 15) is 0 Å². The molecule has 0 amide bonds. The smallest absolute Gasteiger partial charge is 0.0108 e. The predicted molar refractivity (Wildman–Crippen MR) is 62.5 cm³/mol. The largest absolute Gasteiger partial charge is 0.314 e. The quantitative estimate of drug-likeness (QED) is 0.743. The number of rotatable bonds is 4. The maximum atomic E-state index is 3.40. The molecule has 0 unspecified atom stereocenters. The molecular weight excluding hydrogens is 172 g/mol. The number of hydrogen-bond donors (Lipinski definition) is 1. The second kappa shape index (κ2) is 5.13. The van der Waals surface area contributed by atoms with Crippen molar-refractivity contribution in [2.45, 2.75) is 34.1 Å². The van der Waals surface area contributed by atoms with Gasteiger partial charge in [0.2, 0.25) is 0 Å². The van der Waals surface area contributed by atoms with Crippen molar-refractivity contribution in [2.24, 2.45) is 11.3 Å². The third-order valence-corrected chi connectivity index (χ3v) is 2.82. The molecule has 0 aromatic carbocycles. The Kier molecular flexibility index (Phi) is 4.39. The standard InChI is InChI=1S/C12H26N2/c1-11(2)9-12(3,4)10-14-7-5-13-6-8-14/h11,13H,5-10H2,1-4H3. The molecule has 2 heteroatoms. The highest BCUT2D eigenvalue weighted by Crippen LogP contribution is 2.26. The zero-order chi connectivity index (χ0) is 10.6. The van der Waals surface area contributed by atoms with Crippen LogP contribution in [0.25, 0.3) is 0 Å². The molecule has 1 rings (SSSR count). The van der Waals surface area contributed by atoms with Crippen molar-refractivity contribution < 1.29 is 0 Å². The summed E-state index contributed by atoms with van der Waals surface area (Å²) in [6.07, 6.45) is 1.33. The fourth-order valence-electron chi connectivity index (χ4n) is 2.64. The molecule has 14 heavy (non-hydrogen) atoms. The van der Waals surface area contributed by atoms with Crippen LogP contribution in [0.2, 0.25) is 0 Å². The van der Waals surface area contributed by atoms with Gasteiger partial charge in [-0.15, -0.1) is 0 Å². The average Bonchev–Trinajstić information content (AvgIpc) is 2.02. The summed E-state index contributed by atoms with van der Waals surface area (Å²) in [7, 11) is 0. The molecule has 1 fully saturated rings. The van der Waals surface area contributed by atoms with Crippen LogP contribution in [-0.2, 0) is 0 Å². The normalized spacial score (nSPS) is 20.4.